The highest BCUT2D eigenvalue weighted by molar-refractivity contribution is 5.87. The minimum atomic E-state index is -0.431. The van der Waals surface area contributed by atoms with Crippen LogP contribution in [0, 0.1) is 20.8 Å². The van der Waals surface area contributed by atoms with Gasteiger partial charge < -0.3 is 10.5 Å². The van der Waals surface area contributed by atoms with Gasteiger partial charge in [0.15, 0.2) is 11.3 Å². The van der Waals surface area contributed by atoms with Crippen LogP contribution in [0.5, 0.6) is 0 Å². The van der Waals surface area contributed by atoms with Crippen LogP contribution < -0.4 is 5.73 Å². The van der Waals surface area contributed by atoms with E-state index in [9.17, 15) is 4.79 Å². The molecule has 0 aliphatic carbocycles. The maximum Gasteiger partial charge on any atom is 0.356 e. The number of nitrogens with zero attached hydrogens (tertiary/aromatic N) is 4. The van der Waals surface area contributed by atoms with Gasteiger partial charge >= 0.3 is 5.97 Å². The van der Waals surface area contributed by atoms with Crippen molar-refractivity contribution in [2.75, 3.05) is 12.8 Å². The number of hydrogen-bond acceptors (Lipinski definition) is 6. The summed E-state index contributed by atoms with van der Waals surface area (Å²) in [5, 5.41) is 10.6. The van der Waals surface area contributed by atoms with Crippen molar-refractivity contribution in [1.29, 1.82) is 0 Å². The first-order chi connectivity index (χ1) is 10.4. The van der Waals surface area contributed by atoms with Crippen LogP contribution in [0.15, 0.2) is 18.2 Å². The van der Waals surface area contributed by atoms with E-state index in [4.69, 9.17) is 5.73 Å². The normalized spacial score (nSPS) is 10.2. The summed E-state index contributed by atoms with van der Waals surface area (Å²) in [6.45, 7) is 5.66. The van der Waals surface area contributed by atoms with Crippen LogP contribution >= 0.6 is 0 Å². The molecule has 0 unspecified atom stereocenters. The number of hydrogen-bond donors (Lipinski definition) is 2. The number of fused-ring (bicyclic) bond motifs is 1. The Morgan fingerprint density at radius 3 is 2.50 bits per heavy atom. The number of nitrogens with one attached hydrogen (secondary N) is 1. The van der Waals surface area contributed by atoms with E-state index < -0.39 is 5.97 Å². The molecule has 8 nitrogen and oxygen atoms in total. The molecule has 3 heterocycles. The lowest BCUT2D eigenvalue weighted by Crippen LogP contribution is -2.07. The molecule has 8 heteroatoms. The lowest BCUT2D eigenvalue weighted by molar-refractivity contribution is 0.0594. The molecular formula is C14H18N6O2. The molecule has 0 saturated heterocycles. The van der Waals surface area contributed by atoms with Gasteiger partial charge in [-0.25, -0.2) is 14.3 Å². The molecule has 22 heavy (non-hydrogen) atoms. The van der Waals surface area contributed by atoms with Crippen molar-refractivity contribution in [3.63, 3.8) is 0 Å². The predicted octanol–water partition coefficient (Wildman–Crippen LogP) is 1.43. The number of nitrogen functional groups attached to an aromatic ring is 1. The van der Waals surface area contributed by atoms with E-state index in [2.05, 4.69) is 25.0 Å². The van der Waals surface area contributed by atoms with Crippen molar-refractivity contribution < 1.29 is 9.53 Å². The van der Waals surface area contributed by atoms with Crippen molar-refractivity contribution in [2.45, 2.75) is 20.8 Å². The summed E-state index contributed by atoms with van der Waals surface area (Å²) in [6, 6.07) is 5.25. The fourth-order valence-corrected chi connectivity index (χ4v) is 1.89. The third kappa shape index (κ3) is 3.40. The Hall–Kier alpha value is -2.90. The largest absolute Gasteiger partial charge is 0.464 e. The van der Waals surface area contributed by atoms with Crippen LogP contribution in [0.3, 0.4) is 0 Å². The second-order valence-corrected chi connectivity index (χ2v) is 4.81. The quantitative estimate of drug-likeness (QED) is 0.658. The maximum absolute atomic E-state index is 11.3. The maximum atomic E-state index is 11.3. The second-order valence-electron chi connectivity index (χ2n) is 4.81. The molecule has 3 N–H and O–H groups in total. The van der Waals surface area contributed by atoms with E-state index >= 15 is 0 Å². The zero-order valence-corrected chi connectivity index (χ0v) is 12.9. The number of rotatable bonds is 1. The first-order valence-electron chi connectivity index (χ1n) is 6.60. The van der Waals surface area contributed by atoms with E-state index in [0.29, 0.717) is 17.2 Å². The molecule has 3 aromatic heterocycles. The highest BCUT2D eigenvalue weighted by Crippen LogP contribution is 2.09. The average Bonchev–Trinajstić information content (AvgIpc) is 3.03. The summed E-state index contributed by atoms with van der Waals surface area (Å²) in [4.78, 5) is 15.5. The summed E-state index contributed by atoms with van der Waals surface area (Å²) in [6.07, 6.45) is 0. The molecule has 3 rings (SSSR count). The fourth-order valence-electron chi connectivity index (χ4n) is 1.89. The van der Waals surface area contributed by atoms with Gasteiger partial charge in [-0.3, -0.25) is 5.10 Å². The number of nitrogens with two attached hydrogens (primary N) is 1. The standard InChI is InChI=1S/C10H11N3O2.C4H7N3/c1-6-4-9-11-8(10(14)15-3)5-7(2)13(9)12-6;1-3-2-4(5)7-6-3/h4-5H,1-3H3;2H,1H3,(H3,5,6,7). The molecule has 0 radical (unpaired) electrons. The van der Waals surface area contributed by atoms with Gasteiger partial charge in [0.1, 0.15) is 5.82 Å². The zero-order valence-electron chi connectivity index (χ0n) is 12.9. The van der Waals surface area contributed by atoms with Crippen molar-refractivity contribution >= 4 is 17.4 Å². The minimum absolute atomic E-state index is 0.308. The number of H-pyrrole nitrogens is 1. The SMILES string of the molecule is COC(=O)c1cc(C)n2nc(C)cc2n1.Cc1cc(N)n[nH]1. The number of aromatic nitrogens is 5. The molecule has 116 valence electrons. The van der Waals surface area contributed by atoms with Gasteiger partial charge in [0.2, 0.25) is 0 Å². The summed E-state index contributed by atoms with van der Waals surface area (Å²) >= 11 is 0. The third-order valence-electron chi connectivity index (χ3n) is 2.85. The van der Waals surface area contributed by atoms with Crippen molar-refractivity contribution in [1.82, 2.24) is 24.8 Å². The molecule has 0 aromatic carbocycles. The average molecular weight is 302 g/mol. The highest BCUT2D eigenvalue weighted by atomic mass is 16.5. The van der Waals surface area contributed by atoms with Crippen molar-refractivity contribution in [2.24, 2.45) is 0 Å². The van der Waals surface area contributed by atoms with Gasteiger partial charge in [-0.15, -0.1) is 0 Å². The van der Waals surface area contributed by atoms with Gasteiger partial charge in [0.25, 0.3) is 0 Å². The van der Waals surface area contributed by atoms with E-state index in [1.54, 1.807) is 16.6 Å². The number of carbonyl (C=O) groups excluding carboxylic acids is 1. The zero-order chi connectivity index (χ0) is 16.3. The Balaban J connectivity index is 0.000000211. The molecule has 0 aliphatic heterocycles. The van der Waals surface area contributed by atoms with Crippen LogP contribution in [0.1, 0.15) is 27.6 Å². The van der Waals surface area contributed by atoms with E-state index in [1.807, 2.05) is 26.8 Å². The number of aryl methyl sites for hydroxylation is 3. The van der Waals surface area contributed by atoms with Crippen molar-refractivity contribution in [3.05, 3.63) is 41.0 Å². The van der Waals surface area contributed by atoms with Gasteiger partial charge in [-0.2, -0.15) is 10.2 Å². The molecular weight excluding hydrogens is 284 g/mol. The number of carbonyl (C=O) groups is 1. The van der Waals surface area contributed by atoms with Crippen LogP contribution in [0.2, 0.25) is 0 Å². The molecule has 0 bridgehead atoms. The van der Waals surface area contributed by atoms with Crippen LogP contribution in [0.4, 0.5) is 5.82 Å². The first kappa shape index (κ1) is 15.5. The summed E-state index contributed by atoms with van der Waals surface area (Å²) in [7, 11) is 1.34. The summed E-state index contributed by atoms with van der Waals surface area (Å²) in [5.41, 5.74) is 8.93. The highest BCUT2D eigenvalue weighted by Gasteiger charge is 2.11. The van der Waals surface area contributed by atoms with Gasteiger partial charge in [-0.1, -0.05) is 0 Å². The molecule has 0 spiro atoms. The van der Waals surface area contributed by atoms with E-state index in [-0.39, 0.29) is 0 Å². The van der Waals surface area contributed by atoms with Crippen molar-refractivity contribution in [3.8, 4) is 0 Å². The van der Waals surface area contributed by atoms with Gasteiger partial charge in [0, 0.05) is 23.5 Å². The summed E-state index contributed by atoms with van der Waals surface area (Å²) < 4.78 is 6.31. The van der Waals surface area contributed by atoms with Crippen LogP contribution in [0.25, 0.3) is 5.65 Å². The van der Waals surface area contributed by atoms with Crippen LogP contribution in [-0.2, 0) is 4.74 Å². The molecule has 0 atom stereocenters. The Bertz CT molecular complexity index is 788. The second kappa shape index (κ2) is 6.25. The Labute approximate surface area is 127 Å². The van der Waals surface area contributed by atoms with Crippen LogP contribution in [-0.4, -0.2) is 37.9 Å². The number of ether oxygens (including phenoxy) is 1. The first-order valence-corrected chi connectivity index (χ1v) is 6.60. The molecule has 0 aliphatic rings. The van der Waals surface area contributed by atoms with E-state index in [1.165, 1.54) is 7.11 Å². The third-order valence-corrected chi connectivity index (χ3v) is 2.85. The monoisotopic (exact) mass is 302 g/mol. The summed E-state index contributed by atoms with van der Waals surface area (Å²) in [5.74, 6) is 0.122. The molecule has 0 saturated carbocycles. The molecule has 3 aromatic rings. The Morgan fingerprint density at radius 2 is 2.00 bits per heavy atom. The van der Waals surface area contributed by atoms with E-state index in [0.717, 1.165) is 17.1 Å². The Morgan fingerprint density at radius 1 is 1.27 bits per heavy atom. The molecule has 0 amide bonds. The minimum Gasteiger partial charge on any atom is -0.464 e. The number of anilines is 1. The number of esters is 1. The van der Waals surface area contributed by atoms with Gasteiger partial charge in [-0.05, 0) is 26.8 Å². The lowest BCUT2D eigenvalue weighted by atomic mass is 10.3. The predicted molar refractivity (Wildman–Crippen MR) is 81.5 cm³/mol. The smallest absolute Gasteiger partial charge is 0.356 e. The number of methoxy groups -OCH3 is 1. The fraction of sp³-hybridized carbons (Fsp3) is 0.286. The lowest BCUT2D eigenvalue weighted by Gasteiger charge is -2.02. The Kier molecular flexibility index (Phi) is 4.40. The topological polar surface area (TPSA) is 111 Å². The number of aromatic amines is 1. The molecule has 0 fully saturated rings. The van der Waals surface area contributed by atoms with Gasteiger partial charge in [0.05, 0.1) is 12.8 Å².